The van der Waals surface area contributed by atoms with Crippen molar-refractivity contribution >= 4 is 5.69 Å². The molecule has 0 amide bonds. The van der Waals surface area contributed by atoms with Crippen molar-refractivity contribution in [3.63, 3.8) is 0 Å². The van der Waals surface area contributed by atoms with Gasteiger partial charge in [0.15, 0.2) is 0 Å². The summed E-state index contributed by atoms with van der Waals surface area (Å²) in [6.45, 7) is 10.1. The maximum absolute atomic E-state index is 5.64. The van der Waals surface area contributed by atoms with Crippen LogP contribution in [0.5, 0.6) is 5.75 Å². The van der Waals surface area contributed by atoms with E-state index < -0.39 is 0 Å². The van der Waals surface area contributed by atoms with E-state index >= 15 is 0 Å². The second kappa shape index (κ2) is 3.40. The third-order valence-corrected chi connectivity index (χ3v) is 2.59. The largest absolute Gasteiger partial charge is 0.489 e. The lowest BCUT2D eigenvalue weighted by molar-refractivity contribution is 0.321. The van der Waals surface area contributed by atoms with E-state index in [0.717, 1.165) is 36.0 Å². The second-order valence-corrected chi connectivity index (χ2v) is 4.99. The lowest BCUT2D eigenvalue weighted by atomic mass is 9.91. The molecule has 0 aliphatic carbocycles. The second-order valence-electron chi connectivity index (χ2n) is 4.99. The van der Waals surface area contributed by atoms with Gasteiger partial charge in [-0.3, -0.25) is 4.98 Å². The maximum Gasteiger partial charge on any atom is 0.146 e. The Morgan fingerprint density at radius 2 is 2.13 bits per heavy atom. The van der Waals surface area contributed by atoms with E-state index in [1.165, 1.54) is 0 Å². The van der Waals surface area contributed by atoms with Crippen LogP contribution < -0.4 is 10.1 Å². The van der Waals surface area contributed by atoms with E-state index in [2.05, 4.69) is 37.1 Å². The molecule has 82 valence electrons. The number of fused-ring (bicyclic) bond motifs is 1. The minimum absolute atomic E-state index is 0.0700. The summed E-state index contributed by atoms with van der Waals surface area (Å²) < 4.78 is 5.64. The number of anilines is 1. The SMILES string of the molecule is Cc1nc(C(C)(C)C)cc2c1NCCO2. The molecule has 0 saturated heterocycles. The molecule has 0 aromatic carbocycles. The molecule has 1 aromatic heterocycles. The normalized spacial score (nSPS) is 15.2. The van der Waals surface area contributed by atoms with Crippen LogP contribution in [-0.4, -0.2) is 18.1 Å². The summed E-state index contributed by atoms with van der Waals surface area (Å²) in [5.41, 5.74) is 3.23. The van der Waals surface area contributed by atoms with E-state index in [4.69, 9.17) is 4.74 Å². The molecule has 0 spiro atoms. The number of nitrogens with zero attached hydrogens (tertiary/aromatic N) is 1. The van der Waals surface area contributed by atoms with E-state index in [1.54, 1.807) is 0 Å². The van der Waals surface area contributed by atoms with E-state index in [1.807, 2.05) is 6.92 Å². The summed E-state index contributed by atoms with van der Waals surface area (Å²) in [5.74, 6) is 0.943. The number of hydrogen-bond acceptors (Lipinski definition) is 3. The molecule has 0 bridgehead atoms. The van der Waals surface area contributed by atoms with Gasteiger partial charge >= 0.3 is 0 Å². The van der Waals surface area contributed by atoms with Crippen LogP contribution in [0, 0.1) is 6.92 Å². The van der Waals surface area contributed by atoms with Gasteiger partial charge in [0.2, 0.25) is 0 Å². The van der Waals surface area contributed by atoms with Crippen LogP contribution in [0.3, 0.4) is 0 Å². The molecule has 1 aliphatic heterocycles. The van der Waals surface area contributed by atoms with Gasteiger partial charge in [-0.2, -0.15) is 0 Å². The zero-order chi connectivity index (χ0) is 11.1. The average molecular weight is 206 g/mol. The van der Waals surface area contributed by atoms with Gasteiger partial charge in [-0.25, -0.2) is 0 Å². The van der Waals surface area contributed by atoms with E-state index in [-0.39, 0.29) is 5.41 Å². The number of rotatable bonds is 0. The van der Waals surface area contributed by atoms with Crippen LogP contribution >= 0.6 is 0 Å². The van der Waals surface area contributed by atoms with Gasteiger partial charge in [-0.1, -0.05) is 20.8 Å². The molecule has 3 heteroatoms. The van der Waals surface area contributed by atoms with Crippen LogP contribution in [0.15, 0.2) is 6.07 Å². The smallest absolute Gasteiger partial charge is 0.146 e. The zero-order valence-electron chi connectivity index (χ0n) is 9.85. The molecule has 1 aromatic rings. The summed E-state index contributed by atoms with van der Waals surface area (Å²) in [4.78, 5) is 4.62. The molecule has 0 fully saturated rings. The molecule has 2 heterocycles. The van der Waals surface area contributed by atoms with Crippen LogP contribution in [0.2, 0.25) is 0 Å². The zero-order valence-corrected chi connectivity index (χ0v) is 9.85. The lowest BCUT2D eigenvalue weighted by Gasteiger charge is -2.25. The number of hydrogen-bond donors (Lipinski definition) is 1. The predicted molar refractivity (Wildman–Crippen MR) is 61.7 cm³/mol. The molecular formula is C12H18N2O. The molecule has 0 saturated carbocycles. The summed E-state index contributed by atoms with van der Waals surface area (Å²) in [7, 11) is 0. The van der Waals surface area contributed by atoms with Crippen molar-refractivity contribution in [2.75, 3.05) is 18.5 Å². The van der Waals surface area contributed by atoms with Gasteiger partial charge < -0.3 is 10.1 Å². The monoisotopic (exact) mass is 206 g/mol. The van der Waals surface area contributed by atoms with E-state index in [9.17, 15) is 0 Å². The number of pyridine rings is 1. The Hall–Kier alpha value is -1.25. The third-order valence-electron chi connectivity index (χ3n) is 2.59. The Morgan fingerprint density at radius 1 is 1.40 bits per heavy atom. The first-order valence-corrected chi connectivity index (χ1v) is 5.37. The Balaban J connectivity index is 2.50. The Labute approximate surface area is 90.9 Å². The Morgan fingerprint density at radius 3 is 2.80 bits per heavy atom. The van der Waals surface area contributed by atoms with Crippen molar-refractivity contribution < 1.29 is 4.74 Å². The van der Waals surface area contributed by atoms with Crippen molar-refractivity contribution in [3.8, 4) is 5.75 Å². The maximum atomic E-state index is 5.64. The Bertz CT molecular complexity index is 380. The first kappa shape index (κ1) is 10.3. The number of nitrogens with one attached hydrogen (secondary N) is 1. The molecule has 1 N–H and O–H groups in total. The molecule has 0 atom stereocenters. The minimum atomic E-state index is 0.0700. The van der Waals surface area contributed by atoms with Gasteiger partial charge in [-0.05, 0) is 6.92 Å². The van der Waals surface area contributed by atoms with Crippen molar-refractivity contribution in [1.82, 2.24) is 4.98 Å². The fraction of sp³-hybridized carbons (Fsp3) is 0.583. The van der Waals surface area contributed by atoms with Crippen molar-refractivity contribution in [3.05, 3.63) is 17.5 Å². The third kappa shape index (κ3) is 1.91. The Kier molecular flexibility index (Phi) is 2.33. The predicted octanol–water partition coefficient (Wildman–Crippen LogP) is 2.49. The molecule has 0 radical (unpaired) electrons. The fourth-order valence-electron chi connectivity index (χ4n) is 1.69. The molecule has 2 rings (SSSR count). The van der Waals surface area contributed by atoms with E-state index in [0.29, 0.717) is 0 Å². The van der Waals surface area contributed by atoms with Crippen LogP contribution in [-0.2, 0) is 5.41 Å². The molecule has 0 unspecified atom stereocenters. The molecule has 3 nitrogen and oxygen atoms in total. The van der Waals surface area contributed by atoms with Crippen LogP contribution in [0.4, 0.5) is 5.69 Å². The van der Waals surface area contributed by atoms with Gasteiger partial charge in [-0.15, -0.1) is 0 Å². The summed E-state index contributed by atoms with van der Waals surface area (Å²) in [6.07, 6.45) is 0. The summed E-state index contributed by atoms with van der Waals surface area (Å²) in [6, 6.07) is 2.05. The molecular weight excluding hydrogens is 188 g/mol. The average Bonchev–Trinajstić information content (AvgIpc) is 2.16. The topological polar surface area (TPSA) is 34.2 Å². The van der Waals surface area contributed by atoms with Gasteiger partial charge in [0.05, 0.1) is 11.4 Å². The highest BCUT2D eigenvalue weighted by atomic mass is 16.5. The molecule has 1 aliphatic rings. The highest BCUT2D eigenvalue weighted by Crippen LogP contribution is 2.33. The minimum Gasteiger partial charge on any atom is -0.489 e. The van der Waals surface area contributed by atoms with Crippen molar-refractivity contribution in [1.29, 1.82) is 0 Å². The summed E-state index contributed by atoms with van der Waals surface area (Å²) in [5, 5.41) is 3.32. The first-order valence-electron chi connectivity index (χ1n) is 5.37. The quantitative estimate of drug-likeness (QED) is 0.708. The van der Waals surface area contributed by atoms with Crippen molar-refractivity contribution in [2.45, 2.75) is 33.1 Å². The van der Waals surface area contributed by atoms with Crippen LogP contribution in [0.1, 0.15) is 32.2 Å². The first-order chi connectivity index (χ1) is 6.98. The highest BCUT2D eigenvalue weighted by Gasteiger charge is 2.21. The van der Waals surface area contributed by atoms with Crippen LogP contribution in [0.25, 0.3) is 0 Å². The number of ether oxygens (including phenoxy) is 1. The highest BCUT2D eigenvalue weighted by molar-refractivity contribution is 5.61. The lowest BCUT2D eigenvalue weighted by Crippen LogP contribution is -2.22. The number of aromatic nitrogens is 1. The standard InChI is InChI=1S/C12H18N2O/c1-8-11-9(15-6-5-13-11)7-10(14-8)12(2,3)4/h7,13H,5-6H2,1-4H3. The number of aryl methyl sites for hydroxylation is 1. The van der Waals surface area contributed by atoms with Crippen molar-refractivity contribution in [2.24, 2.45) is 0 Å². The summed E-state index contributed by atoms with van der Waals surface area (Å²) >= 11 is 0. The van der Waals surface area contributed by atoms with Gasteiger partial charge in [0.25, 0.3) is 0 Å². The van der Waals surface area contributed by atoms with Gasteiger partial charge in [0, 0.05) is 23.7 Å². The molecule has 15 heavy (non-hydrogen) atoms. The van der Waals surface area contributed by atoms with Gasteiger partial charge in [0.1, 0.15) is 12.4 Å². The fourth-order valence-corrected chi connectivity index (χ4v) is 1.69.